The zero-order chi connectivity index (χ0) is 13.5. The maximum Gasteiger partial charge on any atom is 0.348 e. The van der Waals surface area contributed by atoms with E-state index < -0.39 is 4.92 Å². The van der Waals surface area contributed by atoms with Crippen molar-refractivity contribution in [1.82, 2.24) is 9.97 Å². The molecule has 9 heteroatoms. The molecule has 0 spiro atoms. The minimum absolute atomic E-state index is 0.0538. The third-order valence-electron chi connectivity index (χ3n) is 2.14. The average Bonchev–Trinajstić information content (AvgIpc) is 2.33. The van der Waals surface area contributed by atoms with E-state index in [0.717, 1.165) is 6.33 Å². The van der Waals surface area contributed by atoms with Gasteiger partial charge < -0.3 is 14.8 Å². The molecule has 1 heterocycles. The molecule has 1 aromatic heterocycles. The van der Waals surface area contributed by atoms with Gasteiger partial charge in [-0.25, -0.2) is 9.97 Å². The highest BCUT2D eigenvalue weighted by Crippen LogP contribution is 2.28. The zero-order valence-electron chi connectivity index (χ0n) is 9.92. The van der Waals surface area contributed by atoms with Gasteiger partial charge in [-0.2, -0.15) is 0 Å². The monoisotopic (exact) mass is 276 g/mol. The van der Waals surface area contributed by atoms with Crippen molar-refractivity contribution in [3.8, 4) is 0 Å². The summed E-state index contributed by atoms with van der Waals surface area (Å²) in [6.45, 7) is 0.661. The van der Waals surface area contributed by atoms with Gasteiger partial charge in [0.15, 0.2) is 0 Å². The summed E-state index contributed by atoms with van der Waals surface area (Å²) in [6.07, 6.45) is 0.902. The van der Waals surface area contributed by atoms with Crippen LogP contribution in [0.3, 0.4) is 0 Å². The Labute approximate surface area is 108 Å². The summed E-state index contributed by atoms with van der Waals surface area (Å²) in [6, 6.07) is 0. The second-order valence-electron chi connectivity index (χ2n) is 3.31. The van der Waals surface area contributed by atoms with E-state index in [4.69, 9.17) is 21.1 Å². The average molecular weight is 277 g/mol. The Balaban J connectivity index is 2.78. The van der Waals surface area contributed by atoms with Crippen LogP contribution in [0.15, 0.2) is 6.33 Å². The van der Waals surface area contributed by atoms with E-state index in [9.17, 15) is 10.1 Å². The second-order valence-corrected chi connectivity index (χ2v) is 3.67. The van der Waals surface area contributed by atoms with E-state index in [2.05, 4.69) is 15.3 Å². The number of aromatic nitrogens is 2. The number of halogens is 1. The standard InChI is InChI=1S/C9H13ClN4O4/c1-17-4-6(18-2)3-11-9-7(14(15)16)8(10)12-5-13-9/h5-6H,3-4H2,1-2H3,(H,11,12,13). The van der Waals surface area contributed by atoms with Gasteiger partial charge in [0.1, 0.15) is 6.33 Å². The number of nitro groups is 1. The van der Waals surface area contributed by atoms with Crippen molar-refractivity contribution >= 4 is 23.1 Å². The Morgan fingerprint density at radius 2 is 2.28 bits per heavy atom. The lowest BCUT2D eigenvalue weighted by atomic mass is 10.3. The van der Waals surface area contributed by atoms with Gasteiger partial charge in [0, 0.05) is 20.8 Å². The molecule has 100 valence electrons. The number of anilines is 1. The smallest absolute Gasteiger partial charge is 0.348 e. The van der Waals surface area contributed by atoms with Crippen molar-refractivity contribution in [2.45, 2.75) is 6.10 Å². The predicted octanol–water partition coefficient (Wildman–Crippen LogP) is 1.11. The summed E-state index contributed by atoms with van der Waals surface area (Å²) in [5.74, 6) is 0.0538. The molecule has 0 aliphatic rings. The van der Waals surface area contributed by atoms with E-state index in [-0.39, 0.29) is 22.8 Å². The van der Waals surface area contributed by atoms with Crippen molar-refractivity contribution in [2.24, 2.45) is 0 Å². The Bertz CT molecular complexity index is 418. The number of hydrogen-bond donors (Lipinski definition) is 1. The Morgan fingerprint density at radius 3 is 2.83 bits per heavy atom. The summed E-state index contributed by atoms with van der Waals surface area (Å²) >= 11 is 5.65. The van der Waals surface area contributed by atoms with E-state index >= 15 is 0 Å². The van der Waals surface area contributed by atoms with Gasteiger partial charge in [-0.15, -0.1) is 0 Å². The number of nitrogens with zero attached hydrogens (tertiary/aromatic N) is 3. The molecule has 1 N–H and O–H groups in total. The van der Waals surface area contributed by atoms with Crippen LogP contribution >= 0.6 is 11.6 Å². The number of hydrogen-bond acceptors (Lipinski definition) is 7. The van der Waals surface area contributed by atoms with Gasteiger partial charge in [0.25, 0.3) is 0 Å². The number of nitrogens with one attached hydrogen (secondary N) is 1. The molecule has 1 rings (SSSR count). The van der Waals surface area contributed by atoms with Gasteiger partial charge in [-0.05, 0) is 0 Å². The van der Waals surface area contributed by atoms with E-state index in [1.165, 1.54) is 14.2 Å². The summed E-state index contributed by atoms with van der Waals surface area (Å²) in [4.78, 5) is 17.5. The summed E-state index contributed by atoms with van der Waals surface area (Å²) in [7, 11) is 3.06. The van der Waals surface area contributed by atoms with Crippen LogP contribution in [0.25, 0.3) is 0 Å². The zero-order valence-corrected chi connectivity index (χ0v) is 10.7. The quantitative estimate of drug-likeness (QED) is 0.452. The molecule has 0 radical (unpaired) electrons. The van der Waals surface area contributed by atoms with E-state index in [1.54, 1.807) is 0 Å². The molecule has 0 aromatic carbocycles. The molecule has 18 heavy (non-hydrogen) atoms. The highest BCUT2D eigenvalue weighted by molar-refractivity contribution is 6.31. The van der Waals surface area contributed by atoms with Crippen LogP contribution in [0, 0.1) is 10.1 Å². The molecular weight excluding hydrogens is 264 g/mol. The lowest BCUT2D eigenvalue weighted by molar-refractivity contribution is -0.384. The Kier molecular flexibility index (Phi) is 5.69. The molecular formula is C9H13ClN4O4. The van der Waals surface area contributed by atoms with Crippen LogP contribution in [0.2, 0.25) is 5.15 Å². The molecule has 1 atom stereocenters. The molecule has 1 aromatic rings. The third-order valence-corrected chi connectivity index (χ3v) is 2.42. The largest absolute Gasteiger partial charge is 0.382 e. The van der Waals surface area contributed by atoms with Crippen LogP contribution in [-0.4, -0.2) is 48.4 Å². The lowest BCUT2D eigenvalue weighted by Crippen LogP contribution is -2.27. The summed E-state index contributed by atoms with van der Waals surface area (Å²) < 4.78 is 10.0. The molecule has 0 bridgehead atoms. The minimum atomic E-state index is -0.636. The van der Waals surface area contributed by atoms with Crippen molar-refractivity contribution in [3.63, 3.8) is 0 Å². The predicted molar refractivity (Wildman–Crippen MR) is 64.9 cm³/mol. The first kappa shape index (κ1) is 14.6. The van der Waals surface area contributed by atoms with Crippen LogP contribution < -0.4 is 5.32 Å². The summed E-state index contributed by atoms with van der Waals surface area (Å²) in [5, 5.41) is 13.4. The SMILES string of the molecule is COCC(CNc1ncnc(Cl)c1[N+](=O)[O-])OC. The topological polar surface area (TPSA) is 99.4 Å². The Hall–Kier alpha value is -1.51. The second kappa shape index (κ2) is 7.04. The maximum absolute atomic E-state index is 10.8. The summed E-state index contributed by atoms with van der Waals surface area (Å²) in [5.41, 5.74) is -0.355. The fourth-order valence-electron chi connectivity index (χ4n) is 1.26. The molecule has 0 saturated carbocycles. The molecule has 8 nitrogen and oxygen atoms in total. The van der Waals surface area contributed by atoms with E-state index in [0.29, 0.717) is 13.2 Å². The van der Waals surface area contributed by atoms with Gasteiger partial charge in [0.2, 0.25) is 11.0 Å². The fraction of sp³-hybridized carbons (Fsp3) is 0.556. The number of ether oxygens (including phenoxy) is 2. The number of rotatable bonds is 7. The third kappa shape index (κ3) is 3.76. The highest BCUT2D eigenvalue weighted by Gasteiger charge is 2.22. The van der Waals surface area contributed by atoms with Gasteiger partial charge in [0.05, 0.1) is 17.6 Å². The molecule has 0 amide bonds. The van der Waals surface area contributed by atoms with Crippen LogP contribution in [-0.2, 0) is 9.47 Å². The highest BCUT2D eigenvalue weighted by atomic mass is 35.5. The normalized spacial score (nSPS) is 12.2. The first-order chi connectivity index (χ1) is 8.60. The van der Waals surface area contributed by atoms with Crippen molar-refractivity contribution in [3.05, 3.63) is 21.6 Å². The molecule has 0 aliphatic carbocycles. The van der Waals surface area contributed by atoms with Gasteiger partial charge >= 0.3 is 5.69 Å². The van der Waals surface area contributed by atoms with Crippen molar-refractivity contribution < 1.29 is 14.4 Å². The van der Waals surface area contributed by atoms with Crippen LogP contribution in [0.5, 0.6) is 0 Å². The van der Waals surface area contributed by atoms with Crippen LogP contribution in [0.1, 0.15) is 0 Å². The molecule has 0 fully saturated rings. The van der Waals surface area contributed by atoms with Gasteiger partial charge in [-0.3, -0.25) is 10.1 Å². The first-order valence-corrected chi connectivity index (χ1v) is 5.38. The van der Waals surface area contributed by atoms with Gasteiger partial charge in [-0.1, -0.05) is 11.6 Å². The first-order valence-electron chi connectivity index (χ1n) is 5.00. The molecule has 0 saturated heterocycles. The molecule has 0 aliphatic heterocycles. The van der Waals surface area contributed by atoms with Crippen molar-refractivity contribution in [1.29, 1.82) is 0 Å². The fourth-order valence-corrected chi connectivity index (χ4v) is 1.46. The molecule has 1 unspecified atom stereocenters. The number of methoxy groups -OCH3 is 2. The van der Waals surface area contributed by atoms with Crippen LogP contribution in [0.4, 0.5) is 11.5 Å². The van der Waals surface area contributed by atoms with E-state index in [1.807, 2.05) is 0 Å². The lowest BCUT2D eigenvalue weighted by Gasteiger charge is -2.15. The maximum atomic E-state index is 10.8. The minimum Gasteiger partial charge on any atom is -0.382 e. The Morgan fingerprint density at radius 1 is 1.56 bits per heavy atom. The van der Waals surface area contributed by atoms with Crippen molar-refractivity contribution in [2.75, 3.05) is 32.7 Å².